The number of aromatic nitrogens is 1. The third kappa shape index (κ3) is 3.77. The Morgan fingerprint density at radius 2 is 1.81 bits per heavy atom. The molecule has 2 aliphatic rings. The number of halogens is 1. The SMILES string of the molecule is C[C@H]1Cc2c([nH]c3ccccc23)[C@H](c2ccc(N3CCS(O)(O)CC3)cc2)N1C(=O)CCl. The topological polar surface area (TPSA) is 79.8 Å². The number of hydrogen-bond acceptors (Lipinski definition) is 4. The molecule has 3 N–H and O–H groups in total. The van der Waals surface area contributed by atoms with Crippen LogP contribution in [0.3, 0.4) is 0 Å². The molecule has 1 aromatic heterocycles. The fourth-order valence-electron chi connectivity index (χ4n) is 5.10. The largest absolute Gasteiger partial charge is 0.368 e. The highest BCUT2D eigenvalue weighted by molar-refractivity contribution is 8.24. The summed E-state index contributed by atoms with van der Waals surface area (Å²) in [6.07, 6.45) is 0.788. The van der Waals surface area contributed by atoms with Crippen LogP contribution in [-0.2, 0) is 11.2 Å². The Balaban J connectivity index is 1.53. The second kappa shape index (κ2) is 8.30. The first-order valence-corrected chi connectivity index (χ1v) is 13.3. The Hall–Kier alpha value is -2.19. The lowest BCUT2D eigenvalue weighted by Gasteiger charge is -2.42. The molecule has 3 aromatic rings. The summed E-state index contributed by atoms with van der Waals surface area (Å²) in [5.74, 6) is 0.699. The summed E-state index contributed by atoms with van der Waals surface area (Å²) in [7, 11) is -2.42. The van der Waals surface area contributed by atoms with Crippen LogP contribution in [0.2, 0.25) is 0 Å². The highest BCUT2D eigenvalue weighted by Crippen LogP contribution is 2.43. The normalized spacial score (nSPS) is 23.8. The average Bonchev–Trinajstić information content (AvgIpc) is 3.16. The number of carbonyl (C=O) groups is 1. The lowest BCUT2D eigenvalue weighted by molar-refractivity contribution is -0.133. The van der Waals surface area contributed by atoms with Gasteiger partial charge in [-0.3, -0.25) is 13.9 Å². The van der Waals surface area contributed by atoms with Crippen molar-refractivity contribution in [2.75, 3.05) is 35.4 Å². The molecule has 2 aromatic carbocycles. The van der Waals surface area contributed by atoms with Gasteiger partial charge < -0.3 is 14.8 Å². The average molecular weight is 474 g/mol. The van der Waals surface area contributed by atoms with Crippen molar-refractivity contribution in [3.63, 3.8) is 0 Å². The molecule has 2 aliphatic heterocycles. The van der Waals surface area contributed by atoms with Crippen LogP contribution in [0, 0.1) is 0 Å². The minimum absolute atomic E-state index is 0.0323. The quantitative estimate of drug-likeness (QED) is 0.475. The Morgan fingerprint density at radius 3 is 2.50 bits per heavy atom. The van der Waals surface area contributed by atoms with Crippen LogP contribution in [-0.4, -0.2) is 61.4 Å². The van der Waals surface area contributed by atoms with E-state index in [0.717, 1.165) is 28.9 Å². The Labute approximate surface area is 194 Å². The van der Waals surface area contributed by atoms with Crippen LogP contribution in [0.25, 0.3) is 10.9 Å². The molecule has 1 saturated heterocycles. The van der Waals surface area contributed by atoms with E-state index in [9.17, 15) is 13.9 Å². The van der Waals surface area contributed by atoms with E-state index in [1.165, 1.54) is 10.9 Å². The van der Waals surface area contributed by atoms with Gasteiger partial charge in [0.1, 0.15) is 5.88 Å². The molecule has 0 spiro atoms. The number of fused-ring (bicyclic) bond motifs is 3. The van der Waals surface area contributed by atoms with E-state index in [0.29, 0.717) is 24.6 Å². The summed E-state index contributed by atoms with van der Waals surface area (Å²) in [6, 6.07) is 16.4. The minimum Gasteiger partial charge on any atom is -0.368 e. The van der Waals surface area contributed by atoms with Gasteiger partial charge in [-0.1, -0.05) is 30.3 Å². The number of H-pyrrole nitrogens is 1. The maximum Gasteiger partial charge on any atom is 0.238 e. The van der Waals surface area contributed by atoms with Crippen molar-refractivity contribution >= 4 is 44.7 Å². The molecule has 1 amide bonds. The number of para-hydroxylation sites is 1. The molecule has 2 atom stereocenters. The predicted octanol–water partition coefficient (Wildman–Crippen LogP) is 4.84. The zero-order valence-electron chi connectivity index (χ0n) is 18.0. The summed E-state index contributed by atoms with van der Waals surface area (Å²) < 4.78 is 19.8. The maximum atomic E-state index is 12.9. The van der Waals surface area contributed by atoms with Gasteiger partial charge in [0, 0.05) is 41.4 Å². The highest BCUT2D eigenvalue weighted by atomic mass is 35.5. The molecular weight excluding hydrogens is 446 g/mol. The van der Waals surface area contributed by atoms with Crippen molar-refractivity contribution in [1.29, 1.82) is 0 Å². The van der Waals surface area contributed by atoms with Crippen molar-refractivity contribution < 1.29 is 13.9 Å². The van der Waals surface area contributed by atoms with E-state index in [2.05, 4.69) is 59.3 Å². The molecule has 0 radical (unpaired) electrons. The van der Waals surface area contributed by atoms with Gasteiger partial charge in [0.05, 0.1) is 17.5 Å². The second-order valence-corrected chi connectivity index (χ2v) is 11.4. The summed E-state index contributed by atoms with van der Waals surface area (Å²) >= 11 is 6.01. The van der Waals surface area contributed by atoms with Crippen molar-refractivity contribution in [2.45, 2.75) is 25.4 Å². The fourth-order valence-corrected chi connectivity index (χ4v) is 6.47. The van der Waals surface area contributed by atoms with Crippen LogP contribution in [0.5, 0.6) is 0 Å². The molecule has 0 unspecified atom stereocenters. The molecular formula is C24H28ClN3O3S. The van der Waals surface area contributed by atoms with E-state index in [4.69, 9.17) is 11.6 Å². The standard InChI is InChI=1S/C24H28ClN3O3S/c1-16-14-20-19-4-2-3-5-21(19)26-23(20)24(28(16)22(29)15-25)17-6-8-18(9-7-17)27-10-12-32(30,31)13-11-27/h2-9,16,24,26,30-31H,10-15H2,1H3/t16-,24-/m0/s1. The molecule has 3 heterocycles. The maximum absolute atomic E-state index is 12.9. The summed E-state index contributed by atoms with van der Waals surface area (Å²) in [4.78, 5) is 20.6. The number of carbonyl (C=O) groups excluding carboxylic acids is 1. The summed E-state index contributed by atoms with van der Waals surface area (Å²) in [5.41, 5.74) is 5.50. The van der Waals surface area contributed by atoms with Crippen molar-refractivity contribution in [2.24, 2.45) is 0 Å². The molecule has 32 heavy (non-hydrogen) atoms. The number of rotatable bonds is 3. The number of aromatic amines is 1. The van der Waals surface area contributed by atoms with E-state index in [-0.39, 0.29) is 23.9 Å². The van der Waals surface area contributed by atoms with E-state index in [1.807, 2.05) is 11.0 Å². The van der Waals surface area contributed by atoms with E-state index >= 15 is 0 Å². The van der Waals surface area contributed by atoms with Crippen LogP contribution in [0.1, 0.15) is 29.8 Å². The lowest BCUT2D eigenvalue weighted by atomic mass is 9.88. The summed E-state index contributed by atoms with van der Waals surface area (Å²) in [6.45, 7) is 3.35. The number of nitrogens with one attached hydrogen (secondary N) is 1. The van der Waals surface area contributed by atoms with Crippen LogP contribution in [0.15, 0.2) is 48.5 Å². The molecule has 0 bridgehead atoms. The van der Waals surface area contributed by atoms with Crippen molar-refractivity contribution in [3.05, 3.63) is 65.4 Å². The van der Waals surface area contributed by atoms with Gasteiger partial charge in [-0.2, -0.15) is 10.6 Å². The molecule has 0 saturated carbocycles. The van der Waals surface area contributed by atoms with Gasteiger partial charge in [0.2, 0.25) is 5.91 Å². The molecule has 8 heteroatoms. The van der Waals surface area contributed by atoms with Gasteiger partial charge >= 0.3 is 0 Å². The van der Waals surface area contributed by atoms with E-state index in [1.54, 1.807) is 0 Å². The molecule has 170 valence electrons. The Bertz CT molecular complexity index is 1140. The minimum atomic E-state index is -2.42. The van der Waals surface area contributed by atoms with Gasteiger partial charge in [0.25, 0.3) is 0 Å². The number of anilines is 1. The fraction of sp³-hybridized carbons (Fsp3) is 0.375. The zero-order valence-corrected chi connectivity index (χ0v) is 19.6. The first-order valence-electron chi connectivity index (χ1n) is 10.9. The number of benzene rings is 2. The highest BCUT2D eigenvalue weighted by Gasteiger charge is 2.38. The van der Waals surface area contributed by atoms with Crippen molar-refractivity contribution in [3.8, 4) is 0 Å². The van der Waals surface area contributed by atoms with Crippen molar-refractivity contribution in [1.82, 2.24) is 9.88 Å². The van der Waals surface area contributed by atoms with Crippen LogP contribution in [0.4, 0.5) is 5.69 Å². The summed E-state index contributed by atoms with van der Waals surface area (Å²) in [5, 5.41) is 1.21. The first kappa shape index (κ1) is 21.6. The number of alkyl halides is 1. The monoisotopic (exact) mass is 473 g/mol. The zero-order chi connectivity index (χ0) is 22.5. The lowest BCUT2D eigenvalue weighted by Crippen LogP contribution is -2.47. The smallest absolute Gasteiger partial charge is 0.238 e. The van der Waals surface area contributed by atoms with Gasteiger partial charge in [-0.05, 0) is 42.7 Å². The van der Waals surface area contributed by atoms with E-state index < -0.39 is 10.6 Å². The molecule has 6 nitrogen and oxygen atoms in total. The Morgan fingerprint density at radius 1 is 1.12 bits per heavy atom. The third-order valence-electron chi connectivity index (χ3n) is 6.73. The number of hydrogen-bond donors (Lipinski definition) is 3. The van der Waals surface area contributed by atoms with Gasteiger partial charge in [-0.15, -0.1) is 11.6 Å². The molecule has 0 aliphatic carbocycles. The third-order valence-corrected chi connectivity index (χ3v) is 8.63. The van der Waals surface area contributed by atoms with Crippen LogP contribution >= 0.6 is 22.2 Å². The van der Waals surface area contributed by atoms with Gasteiger partial charge in [-0.25, -0.2) is 0 Å². The number of amides is 1. The second-order valence-electron chi connectivity index (χ2n) is 8.74. The number of nitrogens with zero attached hydrogens (tertiary/aromatic N) is 2. The molecule has 1 fully saturated rings. The Kier molecular flexibility index (Phi) is 5.61. The predicted molar refractivity (Wildman–Crippen MR) is 132 cm³/mol. The molecule has 5 rings (SSSR count). The van der Waals surface area contributed by atoms with Crippen LogP contribution < -0.4 is 4.90 Å². The van der Waals surface area contributed by atoms with Gasteiger partial charge in [0.15, 0.2) is 0 Å². The first-order chi connectivity index (χ1) is 15.4.